The molecule has 1 saturated heterocycles. The molecule has 0 saturated carbocycles. The third-order valence-corrected chi connectivity index (χ3v) is 4.66. The Morgan fingerprint density at radius 2 is 2.11 bits per heavy atom. The summed E-state index contributed by atoms with van der Waals surface area (Å²) in [5.41, 5.74) is -0.786. The van der Waals surface area contributed by atoms with E-state index in [1.165, 1.54) is 6.92 Å². The molecule has 104 valence electrons. The van der Waals surface area contributed by atoms with E-state index in [4.69, 9.17) is 9.84 Å². The van der Waals surface area contributed by atoms with Gasteiger partial charge in [-0.1, -0.05) is 0 Å². The molecule has 1 heterocycles. The summed E-state index contributed by atoms with van der Waals surface area (Å²) < 4.78 is 27.5. The zero-order chi connectivity index (χ0) is 14.0. The van der Waals surface area contributed by atoms with Gasteiger partial charge in [0.1, 0.15) is 6.61 Å². The van der Waals surface area contributed by atoms with Gasteiger partial charge in [-0.25, -0.2) is 13.2 Å². The highest BCUT2D eigenvalue weighted by Crippen LogP contribution is 2.22. The van der Waals surface area contributed by atoms with Crippen LogP contribution in [0.15, 0.2) is 0 Å². The third-order valence-electron chi connectivity index (χ3n) is 2.76. The van der Waals surface area contributed by atoms with Crippen molar-refractivity contribution in [2.75, 3.05) is 18.1 Å². The van der Waals surface area contributed by atoms with E-state index in [1.807, 2.05) is 0 Å². The average Bonchev–Trinajstić information content (AvgIpc) is 2.49. The fourth-order valence-corrected chi connectivity index (χ4v) is 3.85. The molecule has 1 amide bonds. The summed E-state index contributed by atoms with van der Waals surface area (Å²) in [6.07, 6.45) is -0.717. The van der Waals surface area contributed by atoms with E-state index in [2.05, 4.69) is 5.32 Å². The predicted molar refractivity (Wildman–Crippen MR) is 62.9 cm³/mol. The minimum Gasteiger partial charge on any atom is -0.479 e. The molecule has 2 N–H and O–H groups in total. The van der Waals surface area contributed by atoms with Crippen LogP contribution in [0.25, 0.3) is 0 Å². The molecule has 1 aliphatic rings. The summed E-state index contributed by atoms with van der Waals surface area (Å²) in [5.74, 6) is -1.71. The molecule has 0 aromatic heterocycles. The fraction of sp³-hybridized carbons (Fsp3) is 0.800. The van der Waals surface area contributed by atoms with Crippen LogP contribution in [-0.2, 0) is 24.2 Å². The van der Waals surface area contributed by atoms with E-state index in [9.17, 15) is 18.0 Å². The Hall–Kier alpha value is -1.15. The highest BCUT2D eigenvalue weighted by atomic mass is 32.2. The Morgan fingerprint density at radius 3 is 2.56 bits per heavy atom. The Labute approximate surface area is 105 Å². The lowest BCUT2D eigenvalue weighted by Crippen LogP contribution is -2.48. The van der Waals surface area contributed by atoms with Gasteiger partial charge < -0.3 is 15.2 Å². The number of carboxylic acids is 1. The van der Waals surface area contributed by atoms with Crippen LogP contribution in [0.5, 0.6) is 0 Å². The van der Waals surface area contributed by atoms with Crippen molar-refractivity contribution in [3.05, 3.63) is 0 Å². The van der Waals surface area contributed by atoms with Gasteiger partial charge in [0.05, 0.1) is 17.0 Å². The maximum absolute atomic E-state index is 11.5. The highest BCUT2D eigenvalue weighted by Gasteiger charge is 2.39. The number of rotatable bonds is 5. The van der Waals surface area contributed by atoms with Gasteiger partial charge in [0.25, 0.3) is 0 Å². The van der Waals surface area contributed by atoms with E-state index in [1.54, 1.807) is 6.92 Å². The van der Waals surface area contributed by atoms with E-state index in [0.717, 1.165) is 0 Å². The van der Waals surface area contributed by atoms with Gasteiger partial charge in [-0.3, -0.25) is 4.79 Å². The first-order chi connectivity index (χ1) is 8.14. The summed E-state index contributed by atoms with van der Waals surface area (Å²) in [6, 6.07) is 0. The average molecular weight is 279 g/mol. The van der Waals surface area contributed by atoms with E-state index >= 15 is 0 Å². The van der Waals surface area contributed by atoms with Crippen molar-refractivity contribution in [2.24, 2.45) is 0 Å². The zero-order valence-electron chi connectivity index (χ0n) is 10.3. The van der Waals surface area contributed by atoms with Crippen LogP contribution in [0.4, 0.5) is 0 Å². The first kappa shape index (κ1) is 14.9. The molecular weight excluding hydrogens is 262 g/mol. The summed E-state index contributed by atoms with van der Waals surface area (Å²) in [4.78, 5) is 22.0. The molecule has 0 aromatic rings. The topological polar surface area (TPSA) is 110 Å². The second-order valence-corrected chi connectivity index (χ2v) is 6.93. The molecule has 1 aliphatic heterocycles. The highest BCUT2D eigenvalue weighted by molar-refractivity contribution is 7.91. The lowest BCUT2D eigenvalue weighted by molar-refractivity contribution is -0.151. The Kier molecular flexibility index (Phi) is 4.33. The van der Waals surface area contributed by atoms with Gasteiger partial charge >= 0.3 is 5.97 Å². The Bertz CT molecular complexity index is 445. The molecule has 0 aromatic carbocycles. The number of aliphatic carboxylic acids is 1. The molecule has 0 radical (unpaired) electrons. The molecule has 18 heavy (non-hydrogen) atoms. The second-order valence-electron chi connectivity index (χ2n) is 4.74. The van der Waals surface area contributed by atoms with E-state index in [-0.39, 0.29) is 11.5 Å². The molecule has 0 aliphatic carbocycles. The monoisotopic (exact) mass is 279 g/mol. The van der Waals surface area contributed by atoms with Crippen molar-refractivity contribution in [2.45, 2.75) is 31.9 Å². The van der Waals surface area contributed by atoms with Crippen LogP contribution < -0.4 is 5.32 Å². The van der Waals surface area contributed by atoms with Gasteiger partial charge in [0.15, 0.2) is 15.9 Å². The maximum atomic E-state index is 11.5. The first-order valence-electron chi connectivity index (χ1n) is 5.49. The van der Waals surface area contributed by atoms with Crippen LogP contribution in [0.2, 0.25) is 0 Å². The molecule has 0 spiro atoms. The summed E-state index contributed by atoms with van der Waals surface area (Å²) in [6.45, 7) is 2.57. The first-order valence-corrected chi connectivity index (χ1v) is 7.31. The summed E-state index contributed by atoms with van der Waals surface area (Å²) in [7, 11) is -3.09. The quantitative estimate of drug-likeness (QED) is 0.679. The number of nitrogens with one attached hydrogen (secondary N) is 1. The molecule has 2 unspecified atom stereocenters. The molecule has 0 bridgehead atoms. The van der Waals surface area contributed by atoms with Crippen molar-refractivity contribution in [3.8, 4) is 0 Å². The smallest absolute Gasteiger partial charge is 0.332 e. The Balaban J connectivity index is 2.44. The fourth-order valence-electron chi connectivity index (χ4n) is 1.75. The van der Waals surface area contributed by atoms with E-state index in [0.29, 0.717) is 6.42 Å². The van der Waals surface area contributed by atoms with Crippen molar-refractivity contribution < 1.29 is 27.9 Å². The number of hydrogen-bond donors (Lipinski definition) is 2. The van der Waals surface area contributed by atoms with Crippen molar-refractivity contribution >= 4 is 21.7 Å². The minimum atomic E-state index is -3.09. The number of hydrogen-bond acceptors (Lipinski definition) is 5. The zero-order valence-corrected chi connectivity index (χ0v) is 11.1. The van der Waals surface area contributed by atoms with Gasteiger partial charge in [-0.15, -0.1) is 0 Å². The number of ether oxygens (including phenoxy) is 1. The largest absolute Gasteiger partial charge is 0.479 e. The molecule has 8 heteroatoms. The van der Waals surface area contributed by atoms with Gasteiger partial charge in [-0.2, -0.15) is 0 Å². The van der Waals surface area contributed by atoms with Crippen LogP contribution in [-0.4, -0.2) is 55.2 Å². The van der Waals surface area contributed by atoms with Gasteiger partial charge in [0.2, 0.25) is 5.91 Å². The van der Waals surface area contributed by atoms with Crippen LogP contribution in [0.1, 0.15) is 20.3 Å². The summed E-state index contributed by atoms with van der Waals surface area (Å²) in [5, 5.41) is 11.1. The number of sulfone groups is 1. The number of carbonyl (C=O) groups excluding carboxylic acids is 1. The molecule has 1 fully saturated rings. The minimum absolute atomic E-state index is 0.0518. The number of amides is 1. The maximum Gasteiger partial charge on any atom is 0.332 e. The molecule has 1 rings (SSSR count). The number of carboxylic acid groups (broad SMARTS) is 1. The number of carbonyl (C=O) groups is 2. The lowest BCUT2D eigenvalue weighted by Gasteiger charge is -2.24. The van der Waals surface area contributed by atoms with Crippen LogP contribution >= 0.6 is 0 Å². The van der Waals surface area contributed by atoms with Crippen LogP contribution in [0.3, 0.4) is 0 Å². The van der Waals surface area contributed by atoms with Crippen molar-refractivity contribution in [1.29, 1.82) is 0 Å². The Morgan fingerprint density at radius 1 is 1.50 bits per heavy atom. The third kappa shape index (κ3) is 4.26. The summed E-state index contributed by atoms with van der Waals surface area (Å²) >= 11 is 0. The lowest BCUT2D eigenvalue weighted by atomic mass is 10.0. The second kappa shape index (κ2) is 5.23. The normalized spacial score (nSPS) is 27.7. The molecule has 2 atom stereocenters. The van der Waals surface area contributed by atoms with E-state index < -0.39 is 40.0 Å². The predicted octanol–water partition coefficient (Wildman–Crippen LogP) is -0.830. The van der Waals surface area contributed by atoms with Crippen LogP contribution in [0, 0.1) is 0 Å². The van der Waals surface area contributed by atoms with Crippen molar-refractivity contribution in [1.82, 2.24) is 5.32 Å². The SMILES string of the molecule is CC(OCC(=O)NC1(C)CCS(=O)(=O)C1)C(=O)O. The molecular formula is C10H17NO6S. The molecule has 7 nitrogen and oxygen atoms in total. The van der Waals surface area contributed by atoms with Gasteiger partial charge in [0, 0.05) is 0 Å². The standard InChI is InChI=1S/C10H17NO6S/c1-7(9(13)14)17-5-8(12)11-10(2)3-4-18(15,16)6-10/h7H,3-6H2,1-2H3,(H,11,12)(H,13,14). The van der Waals surface area contributed by atoms with Gasteiger partial charge in [-0.05, 0) is 20.3 Å². The van der Waals surface area contributed by atoms with Crippen molar-refractivity contribution in [3.63, 3.8) is 0 Å².